The molecule has 1 amide bonds. The molecule has 1 aromatic rings. The summed E-state index contributed by atoms with van der Waals surface area (Å²) in [5.74, 6) is 0.0666. The van der Waals surface area contributed by atoms with E-state index in [2.05, 4.69) is 20.8 Å². The second kappa shape index (κ2) is 6.07. The van der Waals surface area contributed by atoms with E-state index in [1.807, 2.05) is 0 Å². The Morgan fingerprint density at radius 2 is 1.83 bits per heavy atom. The zero-order valence-corrected chi connectivity index (χ0v) is 15.7. The first kappa shape index (κ1) is 18.2. The molecule has 0 atom stereocenters. The van der Waals surface area contributed by atoms with Crippen LogP contribution in [0.3, 0.4) is 0 Å². The van der Waals surface area contributed by atoms with Crippen molar-refractivity contribution in [1.82, 2.24) is 9.21 Å². The smallest absolute Gasteiger partial charge is 0.253 e. The number of benzene rings is 1. The van der Waals surface area contributed by atoms with Crippen LogP contribution in [0.5, 0.6) is 0 Å². The van der Waals surface area contributed by atoms with Gasteiger partial charge in [0.25, 0.3) is 5.91 Å². The van der Waals surface area contributed by atoms with Crippen molar-refractivity contribution in [2.24, 2.45) is 11.3 Å². The lowest BCUT2D eigenvalue weighted by molar-refractivity contribution is 0.0827. The van der Waals surface area contributed by atoms with Crippen LogP contribution in [0, 0.1) is 11.3 Å². The van der Waals surface area contributed by atoms with Crippen LogP contribution < -0.4 is 0 Å². The number of carbonyl (C=O) groups is 1. The van der Waals surface area contributed by atoms with Crippen molar-refractivity contribution in [2.45, 2.75) is 25.7 Å². The standard InChI is InChI=1S/C16H23ClN2O3S/c1-16(2,3)12-9-19(10-12)23(21,22)14-8-11(6-7-13(14)17)15(20)18(4)5/h6-8,12H,9-10H2,1-5H3. The predicted octanol–water partition coefficient (Wildman–Crippen LogP) is 2.71. The molecule has 1 fully saturated rings. The number of halogens is 1. The van der Waals surface area contributed by atoms with Crippen LogP contribution >= 0.6 is 11.6 Å². The molecule has 1 aromatic carbocycles. The number of hydrogen-bond acceptors (Lipinski definition) is 3. The van der Waals surface area contributed by atoms with E-state index in [0.29, 0.717) is 24.6 Å². The molecule has 0 N–H and O–H groups in total. The molecule has 1 heterocycles. The van der Waals surface area contributed by atoms with Gasteiger partial charge >= 0.3 is 0 Å². The number of nitrogens with zero attached hydrogens (tertiary/aromatic N) is 2. The summed E-state index contributed by atoms with van der Waals surface area (Å²) in [6.07, 6.45) is 0. The van der Waals surface area contributed by atoms with Crippen LogP contribution in [0.1, 0.15) is 31.1 Å². The van der Waals surface area contributed by atoms with Crippen molar-refractivity contribution in [2.75, 3.05) is 27.2 Å². The third kappa shape index (κ3) is 3.54. The molecule has 1 aliphatic heterocycles. The minimum Gasteiger partial charge on any atom is -0.345 e. The van der Waals surface area contributed by atoms with E-state index in [4.69, 9.17) is 11.6 Å². The van der Waals surface area contributed by atoms with E-state index in [1.165, 1.54) is 27.4 Å². The Balaban J connectivity index is 2.31. The zero-order chi connectivity index (χ0) is 17.6. The van der Waals surface area contributed by atoms with E-state index >= 15 is 0 Å². The number of carbonyl (C=O) groups excluding carboxylic acids is 1. The highest BCUT2D eigenvalue weighted by Gasteiger charge is 2.42. The Morgan fingerprint density at radius 3 is 2.30 bits per heavy atom. The van der Waals surface area contributed by atoms with E-state index in [-0.39, 0.29) is 21.2 Å². The van der Waals surface area contributed by atoms with E-state index in [9.17, 15) is 13.2 Å². The molecule has 0 aliphatic carbocycles. The molecule has 23 heavy (non-hydrogen) atoms. The molecular formula is C16H23ClN2O3S. The van der Waals surface area contributed by atoms with Crippen molar-refractivity contribution < 1.29 is 13.2 Å². The molecule has 0 unspecified atom stereocenters. The highest BCUT2D eigenvalue weighted by atomic mass is 35.5. The van der Waals surface area contributed by atoms with Gasteiger partial charge in [-0.15, -0.1) is 0 Å². The maximum absolute atomic E-state index is 12.8. The van der Waals surface area contributed by atoms with Crippen LogP contribution in [-0.4, -0.2) is 50.7 Å². The summed E-state index contributed by atoms with van der Waals surface area (Å²) < 4.78 is 27.0. The van der Waals surface area contributed by atoms with Crippen molar-refractivity contribution in [1.29, 1.82) is 0 Å². The summed E-state index contributed by atoms with van der Waals surface area (Å²) in [5, 5.41) is 0.138. The lowest BCUT2D eigenvalue weighted by atomic mass is 9.77. The van der Waals surface area contributed by atoms with E-state index < -0.39 is 10.0 Å². The Kier molecular flexibility index (Phi) is 4.81. The topological polar surface area (TPSA) is 57.7 Å². The zero-order valence-electron chi connectivity index (χ0n) is 14.1. The lowest BCUT2D eigenvalue weighted by Gasteiger charge is -2.45. The minimum absolute atomic E-state index is 0.000717. The number of sulfonamides is 1. The van der Waals surface area contributed by atoms with Crippen molar-refractivity contribution in [3.63, 3.8) is 0 Å². The van der Waals surface area contributed by atoms with Gasteiger partial charge in [0, 0.05) is 32.7 Å². The van der Waals surface area contributed by atoms with Gasteiger partial charge in [0.05, 0.1) is 5.02 Å². The summed E-state index contributed by atoms with van der Waals surface area (Å²) >= 11 is 6.09. The van der Waals surface area contributed by atoms with E-state index in [1.54, 1.807) is 14.1 Å². The largest absolute Gasteiger partial charge is 0.345 e. The van der Waals surface area contributed by atoms with Gasteiger partial charge < -0.3 is 4.90 Å². The third-order valence-electron chi connectivity index (χ3n) is 4.27. The summed E-state index contributed by atoms with van der Waals surface area (Å²) in [7, 11) is -0.438. The first-order chi connectivity index (χ1) is 10.4. The number of hydrogen-bond donors (Lipinski definition) is 0. The van der Waals surface area contributed by atoms with Gasteiger partial charge in [-0.05, 0) is 29.5 Å². The monoisotopic (exact) mass is 358 g/mol. The molecule has 1 aliphatic rings. The number of rotatable bonds is 3. The summed E-state index contributed by atoms with van der Waals surface area (Å²) in [4.78, 5) is 13.4. The van der Waals surface area contributed by atoms with Crippen LogP contribution in [0.4, 0.5) is 0 Å². The van der Waals surface area contributed by atoms with Gasteiger partial charge in [0.15, 0.2) is 0 Å². The van der Waals surface area contributed by atoms with Gasteiger partial charge in [-0.25, -0.2) is 8.42 Å². The molecule has 5 nitrogen and oxygen atoms in total. The Labute approximate surface area is 143 Å². The molecule has 0 aromatic heterocycles. The first-order valence-corrected chi connectivity index (χ1v) is 9.27. The van der Waals surface area contributed by atoms with Gasteiger partial charge in [0.1, 0.15) is 4.90 Å². The van der Waals surface area contributed by atoms with Crippen LogP contribution in [0.15, 0.2) is 23.1 Å². The Hall–Kier alpha value is -1.11. The first-order valence-electron chi connectivity index (χ1n) is 7.46. The van der Waals surface area contributed by atoms with Crippen LogP contribution in [0.2, 0.25) is 5.02 Å². The minimum atomic E-state index is -3.68. The van der Waals surface area contributed by atoms with Crippen molar-refractivity contribution in [3.05, 3.63) is 28.8 Å². The summed E-state index contributed by atoms with van der Waals surface area (Å²) in [5.41, 5.74) is 0.379. The van der Waals surface area contributed by atoms with Crippen molar-refractivity contribution in [3.8, 4) is 0 Å². The van der Waals surface area contributed by atoms with Gasteiger partial charge in [-0.3, -0.25) is 4.79 Å². The quantitative estimate of drug-likeness (QED) is 0.834. The maximum Gasteiger partial charge on any atom is 0.253 e. The lowest BCUT2D eigenvalue weighted by Crippen LogP contribution is -2.54. The third-order valence-corrected chi connectivity index (χ3v) is 6.59. The fourth-order valence-corrected chi connectivity index (χ4v) is 4.44. The average molecular weight is 359 g/mol. The SMILES string of the molecule is CN(C)C(=O)c1ccc(Cl)c(S(=O)(=O)N2CC(C(C)(C)C)C2)c1. The number of amides is 1. The highest BCUT2D eigenvalue weighted by molar-refractivity contribution is 7.89. The molecule has 128 valence electrons. The second-order valence-corrected chi connectivity index (χ2v) is 9.54. The highest BCUT2D eigenvalue weighted by Crippen LogP contribution is 2.38. The Bertz CT molecular complexity index is 717. The predicted molar refractivity (Wildman–Crippen MR) is 91.2 cm³/mol. The van der Waals surface area contributed by atoms with Crippen LogP contribution in [-0.2, 0) is 10.0 Å². The Morgan fingerprint density at radius 1 is 1.26 bits per heavy atom. The molecule has 0 bridgehead atoms. The van der Waals surface area contributed by atoms with Gasteiger partial charge in [0.2, 0.25) is 10.0 Å². The molecule has 2 rings (SSSR count). The molecule has 0 radical (unpaired) electrons. The fraction of sp³-hybridized carbons (Fsp3) is 0.562. The summed E-state index contributed by atoms with van der Waals surface area (Å²) in [6, 6.07) is 4.37. The molecule has 7 heteroatoms. The van der Waals surface area contributed by atoms with Gasteiger partial charge in [-0.1, -0.05) is 32.4 Å². The molecular weight excluding hydrogens is 336 g/mol. The normalized spacial score (nSPS) is 17.0. The molecule has 0 saturated carbocycles. The van der Waals surface area contributed by atoms with Crippen LogP contribution in [0.25, 0.3) is 0 Å². The maximum atomic E-state index is 12.8. The van der Waals surface area contributed by atoms with Crippen molar-refractivity contribution >= 4 is 27.5 Å². The average Bonchev–Trinajstić information content (AvgIpc) is 2.33. The fourth-order valence-electron chi connectivity index (χ4n) is 2.41. The van der Waals surface area contributed by atoms with E-state index in [0.717, 1.165) is 0 Å². The molecule has 1 saturated heterocycles. The molecule has 0 spiro atoms. The second-order valence-electron chi connectivity index (χ2n) is 7.23. The summed E-state index contributed by atoms with van der Waals surface area (Å²) in [6.45, 7) is 7.27. The van der Waals surface area contributed by atoms with Gasteiger partial charge in [-0.2, -0.15) is 4.31 Å².